The van der Waals surface area contributed by atoms with Gasteiger partial charge in [0.2, 0.25) is 0 Å². The third kappa shape index (κ3) is 2.27. The van der Waals surface area contributed by atoms with E-state index >= 15 is 0 Å². The summed E-state index contributed by atoms with van der Waals surface area (Å²) in [5, 5.41) is 0.575. The number of methoxy groups -OCH3 is 1. The summed E-state index contributed by atoms with van der Waals surface area (Å²) in [6.45, 7) is 0. The summed E-state index contributed by atoms with van der Waals surface area (Å²) < 4.78 is 7.14. The molecule has 0 unspecified atom stereocenters. The molecule has 0 amide bonds. The second kappa shape index (κ2) is 5.70. The van der Waals surface area contributed by atoms with Crippen molar-refractivity contribution in [3.8, 4) is 22.6 Å². The number of rotatable bonds is 3. The van der Waals surface area contributed by atoms with Gasteiger partial charge in [-0.1, -0.05) is 30.3 Å². The van der Waals surface area contributed by atoms with Crippen molar-refractivity contribution in [1.29, 1.82) is 0 Å². The number of H-pyrrole nitrogens is 1. The monoisotopic (exact) mass is 317 g/mol. The Balaban J connectivity index is 2.00. The van der Waals surface area contributed by atoms with E-state index in [1.54, 1.807) is 7.11 Å². The predicted octanol–water partition coefficient (Wildman–Crippen LogP) is 3.39. The van der Waals surface area contributed by atoms with Gasteiger partial charge in [0.25, 0.3) is 5.56 Å². The molecule has 2 heterocycles. The standard InChI is InChI=1S/C19H15N3O2/c1-24-15-9-7-13(8-10-15)16-11-22(14-5-3-2-4-6-14)18-17(16)19(23)21-12-20-18/h2-12H,1H3,(H,20,21,23). The maximum absolute atomic E-state index is 12.4. The fourth-order valence-electron chi connectivity index (χ4n) is 2.85. The SMILES string of the molecule is COc1ccc(-c2cn(-c3ccccc3)c3nc[nH]c(=O)c23)cc1. The molecular weight excluding hydrogens is 302 g/mol. The summed E-state index contributed by atoms with van der Waals surface area (Å²) in [6.07, 6.45) is 3.38. The van der Waals surface area contributed by atoms with Crippen molar-refractivity contribution in [2.75, 3.05) is 7.11 Å². The quantitative estimate of drug-likeness (QED) is 0.630. The second-order valence-corrected chi connectivity index (χ2v) is 5.41. The zero-order chi connectivity index (χ0) is 16.5. The van der Waals surface area contributed by atoms with Gasteiger partial charge in [-0.05, 0) is 29.8 Å². The van der Waals surface area contributed by atoms with Crippen LogP contribution in [0.3, 0.4) is 0 Å². The van der Waals surface area contributed by atoms with E-state index in [0.29, 0.717) is 11.0 Å². The zero-order valence-electron chi connectivity index (χ0n) is 13.1. The Bertz CT molecular complexity index is 1050. The Morgan fingerprint density at radius 1 is 1.04 bits per heavy atom. The number of hydrogen-bond acceptors (Lipinski definition) is 3. The second-order valence-electron chi connectivity index (χ2n) is 5.41. The van der Waals surface area contributed by atoms with E-state index in [-0.39, 0.29) is 5.56 Å². The average molecular weight is 317 g/mol. The lowest BCUT2D eigenvalue weighted by molar-refractivity contribution is 0.415. The molecule has 0 aliphatic carbocycles. The first-order chi connectivity index (χ1) is 11.8. The molecule has 0 radical (unpaired) electrons. The minimum absolute atomic E-state index is 0.152. The van der Waals surface area contributed by atoms with E-state index in [9.17, 15) is 4.79 Å². The van der Waals surface area contributed by atoms with Gasteiger partial charge in [-0.3, -0.25) is 4.79 Å². The summed E-state index contributed by atoms with van der Waals surface area (Å²) in [4.78, 5) is 19.5. The van der Waals surface area contributed by atoms with Crippen LogP contribution in [0.5, 0.6) is 5.75 Å². The van der Waals surface area contributed by atoms with Gasteiger partial charge in [-0.15, -0.1) is 0 Å². The Morgan fingerprint density at radius 3 is 2.50 bits per heavy atom. The summed E-state index contributed by atoms with van der Waals surface area (Å²) in [5.74, 6) is 0.776. The fourth-order valence-corrected chi connectivity index (χ4v) is 2.85. The highest BCUT2D eigenvalue weighted by atomic mass is 16.5. The molecule has 5 heteroatoms. The van der Waals surface area contributed by atoms with Crippen LogP contribution in [-0.2, 0) is 0 Å². The van der Waals surface area contributed by atoms with E-state index in [4.69, 9.17) is 4.74 Å². The summed E-state index contributed by atoms with van der Waals surface area (Å²) in [7, 11) is 1.63. The lowest BCUT2D eigenvalue weighted by Crippen LogP contribution is -2.07. The molecule has 0 aliphatic rings. The average Bonchev–Trinajstić information content (AvgIpc) is 3.04. The van der Waals surface area contributed by atoms with Crippen LogP contribution < -0.4 is 10.3 Å². The molecule has 1 N–H and O–H groups in total. The molecule has 5 nitrogen and oxygen atoms in total. The molecule has 0 saturated carbocycles. The van der Waals surface area contributed by atoms with Crippen molar-refractivity contribution >= 4 is 11.0 Å². The van der Waals surface area contributed by atoms with Crippen LogP contribution in [-0.4, -0.2) is 21.6 Å². The Kier molecular flexibility index (Phi) is 3.39. The first kappa shape index (κ1) is 14.3. The minimum atomic E-state index is -0.152. The molecule has 0 fully saturated rings. The number of benzene rings is 2. The molecule has 2 aromatic carbocycles. The molecule has 0 spiro atoms. The van der Waals surface area contributed by atoms with E-state index in [2.05, 4.69) is 9.97 Å². The van der Waals surface area contributed by atoms with Crippen molar-refractivity contribution in [3.05, 3.63) is 77.5 Å². The molecule has 0 atom stereocenters. The third-order valence-corrected chi connectivity index (χ3v) is 4.02. The summed E-state index contributed by atoms with van der Waals surface area (Å²) >= 11 is 0. The lowest BCUT2D eigenvalue weighted by Gasteiger charge is -2.03. The first-order valence-electron chi connectivity index (χ1n) is 7.56. The van der Waals surface area contributed by atoms with Gasteiger partial charge < -0.3 is 14.3 Å². The summed E-state index contributed by atoms with van der Waals surface area (Å²) in [6, 6.07) is 17.5. The smallest absolute Gasteiger partial charge is 0.260 e. The van der Waals surface area contributed by atoms with Gasteiger partial charge in [-0.2, -0.15) is 0 Å². The van der Waals surface area contributed by atoms with Crippen LogP contribution in [0.1, 0.15) is 0 Å². The minimum Gasteiger partial charge on any atom is -0.497 e. The van der Waals surface area contributed by atoms with Crippen molar-refractivity contribution < 1.29 is 4.74 Å². The molecule has 2 aromatic heterocycles. The number of aromatic nitrogens is 3. The van der Waals surface area contributed by atoms with Gasteiger partial charge in [0.1, 0.15) is 5.75 Å². The molecule has 0 bridgehead atoms. The molecule has 4 aromatic rings. The lowest BCUT2D eigenvalue weighted by atomic mass is 10.1. The number of hydrogen-bond donors (Lipinski definition) is 1. The number of aromatic amines is 1. The van der Waals surface area contributed by atoms with Gasteiger partial charge in [0.15, 0.2) is 5.65 Å². The van der Waals surface area contributed by atoms with E-state index < -0.39 is 0 Å². The van der Waals surface area contributed by atoms with E-state index in [0.717, 1.165) is 22.6 Å². The highest BCUT2D eigenvalue weighted by Crippen LogP contribution is 2.30. The number of nitrogens with one attached hydrogen (secondary N) is 1. The molecule has 0 saturated heterocycles. The van der Waals surface area contributed by atoms with Crippen LogP contribution in [0.2, 0.25) is 0 Å². The third-order valence-electron chi connectivity index (χ3n) is 4.02. The van der Waals surface area contributed by atoms with Crippen molar-refractivity contribution in [2.45, 2.75) is 0 Å². The Labute approximate surface area is 138 Å². The molecule has 4 rings (SSSR count). The number of nitrogens with zero attached hydrogens (tertiary/aromatic N) is 2. The van der Waals surface area contributed by atoms with Crippen molar-refractivity contribution in [2.24, 2.45) is 0 Å². The maximum Gasteiger partial charge on any atom is 0.260 e. The van der Waals surface area contributed by atoms with Gasteiger partial charge in [-0.25, -0.2) is 4.98 Å². The number of para-hydroxylation sites is 1. The maximum atomic E-state index is 12.4. The highest BCUT2D eigenvalue weighted by Gasteiger charge is 2.15. The number of ether oxygens (including phenoxy) is 1. The predicted molar refractivity (Wildman–Crippen MR) is 93.7 cm³/mol. The van der Waals surface area contributed by atoms with E-state index in [1.165, 1.54) is 6.33 Å². The van der Waals surface area contributed by atoms with Crippen LogP contribution in [0, 0.1) is 0 Å². The van der Waals surface area contributed by atoms with Crippen molar-refractivity contribution in [3.63, 3.8) is 0 Å². The molecule has 118 valence electrons. The van der Waals surface area contributed by atoms with Crippen molar-refractivity contribution in [1.82, 2.24) is 14.5 Å². The normalized spacial score (nSPS) is 10.9. The molecule has 24 heavy (non-hydrogen) atoms. The van der Waals surface area contributed by atoms with Gasteiger partial charge in [0.05, 0.1) is 18.8 Å². The van der Waals surface area contributed by atoms with Crippen LogP contribution in [0.4, 0.5) is 0 Å². The largest absolute Gasteiger partial charge is 0.497 e. The fraction of sp³-hybridized carbons (Fsp3) is 0.0526. The number of fused-ring (bicyclic) bond motifs is 1. The highest BCUT2D eigenvalue weighted by molar-refractivity contribution is 5.94. The van der Waals surface area contributed by atoms with Crippen LogP contribution in [0.15, 0.2) is 71.9 Å². The van der Waals surface area contributed by atoms with Crippen LogP contribution >= 0.6 is 0 Å². The topological polar surface area (TPSA) is 59.9 Å². The Morgan fingerprint density at radius 2 is 1.79 bits per heavy atom. The van der Waals surface area contributed by atoms with E-state index in [1.807, 2.05) is 65.4 Å². The Hall–Kier alpha value is -3.34. The molecule has 0 aliphatic heterocycles. The van der Waals surface area contributed by atoms with Crippen LogP contribution in [0.25, 0.3) is 27.8 Å². The zero-order valence-corrected chi connectivity index (χ0v) is 13.1. The molecular formula is C19H15N3O2. The van der Waals surface area contributed by atoms with Gasteiger partial charge in [0, 0.05) is 17.4 Å². The van der Waals surface area contributed by atoms with Gasteiger partial charge >= 0.3 is 0 Å². The summed E-state index contributed by atoms with van der Waals surface area (Å²) in [5.41, 5.74) is 3.22. The first-order valence-corrected chi connectivity index (χ1v) is 7.56.